The molecule has 1 amide bonds. The first-order chi connectivity index (χ1) is 8.25. The van der Waals surface area contributed by atoms with Gasteiger partial charge in [-0.3, -0.25) is 4.79 Å². The number of carbonyl (C=O) groups excluding carboxylic acids is 1. The van der Waals surface area contributed by atoms with Crippen molar-refractivity contribution in [3.05, 3.63) is 21.3 Å². The molecule has 0 saturated carbocycles. The van der Waals surface area contributed by atoms with Gasteiger partial charge in [0.25, 0.3) is 5.91 Å². The van der Waals surface area contributed by atoms with Gasteiger partial charge in [-0.2, -0.15) is 0 Å². The minimum Gasteiger partial charge on any atom is -0.375 e. The van der Waals surface area contributed by atoms with Gasteiger partial charge in [0.15, 0.2) is 0 Å². The van der Waals surface area contributed by atoms with Gasteiger partial charge in [-0.05, 0) is 25.1 Å². The Hall–Kier alpha value is -0.620. The normalized spacial score (nSPS) is 20.9. The molecule has 1 aliphatic heterocycles. The Kier molecular flexibility index (Phi) is 4.79. The van der Waals surface area contributed by atoms with Gasteiger partial charge in [-0.15, -0.1) is 11.3 Å². The van der Waals surface area contributed by atoms with Gasteiger partial charge in [0.05, 0.1) is 15.3 Å². The van der Waals surface area contributed by atoms with Crippen LogP contribution in [0.2, 0.25) is 4.34 Å². The molecule has 6 heteroatoms. The average molecular weight is 275 g/mol. The number of thiophene rings is 1. The van der Waals surface area contributed by atoms with Gasteiger partial charge in [0.1, 0.15) is 0 Å². The van der Waals surface area contributed by atoms with Gasteiger partial charge in [-0.25, -0.2) is 0 Å². The van der Waals surface area contributed by atoms with E-state index in [0.29, 0.717) is 15.8 Å². The summed E-state index contributed by atoms with van der Waals surface area (Å²) < 4.78 is 6.22. The third-order valence-electron chi connectivity index (χ3n) is 2.51. The van der Waals surface area contributed by atoms with Crippen LogP contribution >= 0.6 is 22.9 Å². The molecular formula is C11H15ClN2O2S. The lowest BCUT2D eigenvalue weighted by atomic mass is 10.3. The first-order valence-electron chi connectivity index (χ1n) is 5.61. The maximum atomic E-state index is 11.8. The first-order valence-corrected chi connectivity index (χ1v) is 6.81. The van der Waals surface area contributed by atoms with E-state index in [-0.39, 0.29) is 12.0 Å². The van der Waals surface area contributed by atoms with Crippen LogP contribution in [0.15, 0.2) is 12.1 Å². The summed E-state index contributed by atoms with van der Waals surface area (Å²) >= 11 is 7.06. The number of ether oxygens (including phenoxy) is 1. The van der Waals surface area contributed by atoms with Crippen LogP contribution in [0.4, 0.5) is 0 Å². The monoisotopic (exact) mass is 274 g/mol. The van der Waals surface area contributed by atoms with E-state index < -0.39 is 0 Å². The topological polar surface area (TPSA) is 50.4 Å². The van der Waals surface area contributed by atoms with E-state index in [0.717, 1.165) is 26.1 Å². The van der Waals surface area contributed by atoms with Crippen molar-refractivity contribution in [3.63, 3.8) is 0 Å². The van der Waals surface area contributed by atoms with Crippen molar-refractivity contribution < 1.29 is 9.53 Å². The third-order valence-corrected chi connectivity index (χ3v) is 3.74. The fourth-order valence-corrected chi connectivity index (χ4v) is 2.59. The summed E-state index contributed by atoms with van der Waals surface area (Å²) in [4.78, 5) is 12.4. The predicted octanol–water partition coefficient (Wildman–Crippen LogP) is 1.51. The van der Waals surface area contributed by atoms with Crippen molar-refractivity contribution in [2.24, 2.45) is 0 Å². The Balaban J connectivity index is 1.79. The molecule has 94 valence electrons. The van der Waals surface area contributed by atoms with Gasteiger partial charge in [0.2, 0.25) is 0 Å². The molecule has 0 aliphatic carbocycles. The van der Waals surface area contributed by atoms with E-state index in [1.807, 2.05) is 0 Å². The third kappa shape index (κ3) is 3.96. The summed E-state index contributed by atoms with van der Waals surface area (Å²) in [7, 11) is 0. The van der Waals surface area contributed by atoms with Crippen molar-refractivity contribution in [1.82, 2.24) is 10.6 Å². The number of hydrogen-bond acceptors (Lipinski definition) is 4. The summed E-state index contributed by atoms with van der Waals surface area (Å²) in [6.07, 6.45) is 1.07. The fourth-order valence-electron chi connectivity index (χ4n) is 1.63. The molecular weight excluding hydrogens is 260 g/mol. The molecule has 2 heterocycles. The van der Waals surface area contributed by atoms with E-state index in [1.165, 1.54) is 11.3 Å². The van der Waals surface area contributed by atoms with Crippen LogP contribution < -0.4 is 10.6 Å². The fraction of sp³-hybridized carbons (Fsp3) is 0.545. The summed E-state index contributed by atoms with van der Waals surface area (Å²) in [5.41, 5.74) is 0. The molecule has 2 rings (SSSR count). The zero-order chi connectivity index (χ0) is 12.1. The van der Waals surface area contributed by atoms with Gasteiger partial charge in [-0.1, -0.05) is 11.6 Å². The van der Waals surface area contributed by atoms with Gasteiger partial charge in [0, 0.05) is 19.7 Å². The number of halogens is 1. The van der Waals surface area contributed by atoms with Crippen molar-refractivity contribution in [3.8, 4) is 0 Å². The highest BCUT2D eigenvalue weighted by Crippen LogP contribution is 2.21. The molecule has 1 aromatic rings. The zero-order valence-electron chi connectivity index (χ0n) is 9.37. The molecule has 0 spiro atoms. The van der Waals surface area contributed by atoms with Crippen LogP contribution in [0.3, 0.4) is 0 Å². The SMILES string of the molecule is O=C(NCC1CNCCCO1)c1ccc(Cl)s1. The molecule has 2 N–H and O–H groups in total. The summed E-state index contributed by atoms with van der Waals surface area (Å²) in [5, 5.41) is 6.13. The first kappa shape index (κ1) is 12.8. The maximum absolute atomic E-state index is 11.8. The molecule has 1 unspecified atom stereocenters. The van der Waals surface area contributed by atoms with Crippen LogP contribution in [0.5, 0.6) is 0 Å². The Bertz CT molecular complexity index is 375. The molecule has 0 radical (unpaired) electrons. The molecule has 1 atom stereocenters. The Morgan fingerprint density at radius 2 is 2.53 bits per heavy atom. The summed E-state index contributed by atoms with van der Waals surface area (Å²) in [6, 6.07) is 3.46. The van der Waals surface area contributed by atoms with Crippen LogP contribution in [0.25, 0.3) is 0 Å². The second kappa shape index (κ2) is 6.35. The van der Waals surface area contributed by atoms with Crippen molar-refractivity contribution in [1.29, 1.82) is 0 Å². The van der Waals surface area contributed by atoms with Crippen LogP contribution in [-0.2, 0) is 4.74 Å². The average Bonchev–Trinajstić information content (AvgIpc) is 2.61. The quantitative estimate of drug-likeness (QED) is 0.879. The van der Waals surface area contributed by atoms with Crippen molar-refractivity contribution in [2.75, 3.05) is 26.2 Å². The molecule has 1 saturated heterocycles. The van der Waals surface area contributed by atoms with E-state index in [9.17, 15) is 4.79 Å². The Labute approximate surface area is 109 Å². The highest BCUT2D eigenvalue weighted by Gasteiger charge is 2.14. The molecule has 1 fully saturated rings. The number of hydrogen-bond donors (Lipinski definition) is 2. The van der Waals surface area contributed by atoms with Gasteiger partial charge >= 0.3 is 0 Å². The lowest BCUT2D eigenvalue weighted by Gasteiger charge is -2.15. The molecule has 4 nitrogen and oxygen atoms in total. The van der Waals surface area contributed by atoms with Crippen LogP contribution in [0, 0.1) is 0 Å². The van der Waals surface area contributed by atoms with Crippen LogP contribution in [0.1, 0.15) is 16.1 Å². The summed E-state index contributed by atoms with van der Waals surface area (Å²) in [6.45, 7) is 3.04. The molecule has 1 aliphatic rings. The van der Waals surface area contributed by atoms with E-state index in [2.05, 4.69) is 10.6 Å². The molecule has 0 bridgehead atoms. The van der Waals surface area contributed by atoms with Crippen molar-refractivity contribution >= 4 is 28.8 Å². The maximum Gasteiger partial charge on any atom is 0.261 e. The number of nitrogens with one attached hydrogen (secondary N) is 2. The van der Waals surface area contributed by atoms with E-state index >= 15 is 0 Å². The second-order valence-corrected chi connectivity index (χ2v) is 5.58. The highest BCUT2D eigenvalue weighted by molar-refractivity contribution is 7.17. The van der Waals surface area contributed by atoms with Crippen LogP contribution in [-0.4, -0.2) is 38.3 Å². The molecule has 17 heavy (non-hydrogen) atoms. The molecule has 0 aromatic carbocycles. The molecule has 1 aromatic heterocycles. The highest BCUT2D eigenvalue weighted by atomic mass is 35.5. The Morgan fingerprint density at radius 1 is 1.65 bits per heavy atom. The second-order valence-electron chi connectivity index (χ2n) is 3.86. The number of carbonyl (C=O) groups is 1. The minimum absolute atomic E-state index is 0.0527. The van der Waals surface area contributed by atoms with E-state index in [1.54, 1.807) is 12.1 Å². The lowest BCUT2D eigenvalue weighted by molar-refractivity contribution is 0.0627. The standard InChI is InChI=1S/C11H15ClN2O2S/c12-10-3-2-9(17-10)11(15)14-7-8-6-13-4-1-5-16-8/h2-3,8,13H,1,4-7H2,(H,14,15). The van der Waals surface area contributed by atoms with Gasteiger partial charge < -0.3 is 15.4 Å². The largest absolute Gasteiger partial charge is 0.375 e. The lowest BCUT2D eigenvalue weighted by Crippen LogP contribution is -2.38. The minimum atomic E-state index is -0.0882. The van der Waals surface area contributed by atoms with Crippen molar-refractivity contribution in [2.45, 2.75) is 12.5 Å². The summed E-state index contributed by atoms with van der Waals surface area (Å²) in [5.74, 6) is -0.0882. The number of amides is 1. The zero-order valence-corrected chi connectivity index (χ0v) is 10.9. The Morgan fingerprint density at radius 3 is 3.29 bits per heavy atom. The smallest absolute Gasteiger partial charge is 0.261 e. The number of rotatable bonds is 3. The predicted molar refractivity (Wildman–Crippen MR) is 68.9 cm³/mol. The van der Waals surface area contributed by atoms with E-state index in [4.69, 9.17) is 16.3 Å².